The van der Waals surface area contributed by atoms with Gasteiger partial charge in [0.2, 0.25) is 5.91 Å². The lowest BCUT2D eigenvalue weighted by Crippen LogP contribution is -2.37. The third kappa shape index (κ3) is 6.70. The number of alkyl carbamates (subject to hydrolysis) is 1. The van der Waals surface area contributed by atoms with Crippen molar-refractivity contribution in [1.29, 1.82) is 0 Å². The summed E-state index contributed by atoms with van der Waals surface area (Å²) in [5.74, 6) is -0.684. The summed E-state index contributed by atoms with van der Waals surface area (Å²) in [6.07, 6.45) is 2.70. The molecule has 0 saturated carbocycles. The second kappa shape index (κ2) is 12.0. The summed E-state index contributed by atoms with van der Waals surface area (Å²) in [7, 11) is 0. The number of carbonyl (C=O) groups is 3. The van der Waals surface area contributed by atoms with Crippen LogP contribution in [0.1, 0.15) is 50.7 Å². The minimum absolute atomic E-state index is 0.0242. The number of hydrogen-bond donors (Lipinski definition) is 2. The molecule has 34 heavy (non-hydrogen) atoms. The Morgan fingerprint density at radius 3 is 2.15 bits per heavy atom. The Balaban J connectivity index is 1.63. The first kappa shape index (κ1) is 25.0. The van der Waals surface area contributed by atoms with Gasteiger partial charge in [0.15, 0.2) is 0 Å². The number of carbonyl (C=O) groups excluding carboxylic acids is 3. The van der Waals surface area contributed by atoms with Crippen LogP contribution in [0.4, 0.5) is 4.79 Å². The topological polar surface area (TPSA) is 93.7 Å². The average Bonchev–Trinajstić information content (AvgIpc) is 3.13. The normalized spacial score (nSPS) is 13.3. The van der Waals surface area contributed by atoms with Crippen LogP contribution in [-0.2, 0) is 19.1 Å². The molecule has 180 valence electrons. The van der Waals surface area contributed by atoms with Crippen LogP contribution in [0.5, 0.6) is 0 Å². The van der Waals surface area contributed by atoms with E-state index in [0.29, 0.717) is 6.42 Å². The molecule has 0 heterocycles. The zero-order valence-electron chi connectivity index (χ0n) is 19.9. The number of benzene rings is 2. The smallest absolute Gasteiger partial charge is 0.407 e. The number of hydrogen-bond acceptors (Lipinski definition) is 5. The minimum atomic E-state index is -0.607. The van der Waals surface area contributed by atoms with Gasteiger partial charge in [-0.1, -0.05) is 54.6 Å². The van der Waals surface area contributed by atoms with Crippen molar-refractivity contribution < 1.29 is 23.9 Å². The van der Waals surface area contributed by atoms with Crippen LogP contribution in [0.2, 0.25) is 0 Å². The predicted octanol–water partition coefficient (Wildman–Crippen LogP) is 4.32. The molecule has 1 aliphatic rings. The summed E-state index contributed by atoms with van der Waals surface area (Å²) in [6, 6.07) is 15.7. The van der Waals surface area contributed by atoms with E-state index in [4.69, 9.17) is 9.47 Å². The Morgan fingerprint density at radius 2 is 1.56 bits per heavy atom. The molecule has 0 aromatic heterocycles. The van der Waals surface area contributed by atoms with Gasteiger partial charge in [0.1, 0.15) is 6.61 Å². The largest absolute Gasteiger partial charge is 0.463 e. The highest BCUT2D eigenvalue weighted by Crippen LogP contribution is 2.44. The molecule has 0 bridgehead atoms. The zero-order chi connectivity index (χ0) is 24.5. The molecule has 7 nitrogen and oxygen atoms in total. The van der Waals surface area contributed by atoms with E-state index in [1.807, 2.05) is 38.1 Å². The van der Waals surface area contributed by atoms with Crippen LogP contribution in [0.25, 0.3) is 11.1 Å². The number of ether oxygens (including phenoxy) is 2. The van der Waals surface area contributed by atoms with Gasteiger partial charge in [0, 0.05) is 24.5 Å². The van der Waals surface area contributed by atoms with Crippen LogP contribution >= 0.6 is 0 Å². The molecule has 0 spiro atoms. The molecule has 2 aromatic rings. The number of nitrogens with one attached hydrogen (secondary N) is 2. The maximum Gasteiger partial charge on any atom is 0.407 e. The summed E-state index contributed by atoms with van der Waals surface area (Å²) in [5, 5.41) is 5.58. The van der Waals surface area contributed by atoms with Crippen molar-refractivity contribution in [1.82, 2.24) is 10.6 Å². The van der Waals surface area contributed by atoms with Crippen LogP contribution < -0.4 is 10.6 Å². The van der Waals surface area contributed by atoms with Gasteiger partial charge < -0.3 is 20.1 Å². The fourth-order valence-corrected chi connectivity index (χ4v) is 4.07. The standard InChI is InChI=1S/C27H32N2O5/c1-4-33-26(31)16-14-19(13-15-25(30)28-18(2)3)29-27(32)34-17-24-22-11-7-5-9-20(22)21-10-6-8-12-23(21)24/h5-12,14,16,18-19,24H,4,13,15,17H2,1-3H3,(H,28,30)(H,29,32)/b16-14+/t19-/m0/s1. The highest BCUT2D eigenvalue weighted by Gasteiger charge is 2.29. The van der Waals surface area contributed by atoms with Gasteiger partial charge in [-0.3, -0.25) is 4.79 Å². The monoisotopic (exact) mass is 464 g/mol. The molecule has 0 aliphatic heterocycles. The van der Waals surface area contributed by atoms with Gasteiger partial charge in [-0.2, -0.15) is 0 Å². The summed E-state index contributed by atoms with van der Waals surface area (Å²) in [6.45, 7) is 5.91. The molecular formula is C27H32N2O5. The summed E-state index contributed by atoms with van der Waals surface area (Å²) in [5.41, 5.74) is 4.55. The molecular weight excluding hydrogens is 432 g/mol. The fourth-order valence-electron chi connectivity index (χ4n) is 4.07. The van der Waals surface area contributed by atoms with Crippen molar-refractivity contribution in [3.05, 3.63) is 71.8 Å². The third-order valence-corrected chi connectivity index (χ3v) is 5.53. The van der Waals surface area contributed by atoms with Crippen molar-refractivity contribution in [2.24, 2.45) is 0 Å². The van der Waals surface area contributed by atoms with Crippen molar-refractivity contribution >= 4 is 18.0 Å². The molecule has 0 unspecified atom stereocenters. The second-order valence-electron chi connectivity index (χ2n) is 8.45. The van der Waals surface area contributed by atoms with E-state index in [9.17, 15) is 14.4 Å². The molecule has 0 fully saturated rings. The molecule has 1 atom stereocenters. The summed E-state index contributed by atoms with van der Waals surface area (Å²) < 4.78 is 10.5. The number of amides is 2. The first-order valence-corrected chi connectivity index (χ1v) is 11.6. The first-order valence-electron chi connectivity index (χ1n) is 11.6. The lowest BCUT2D eigenvalue weighted by molar-refractivity contribution is -0.137. The molecule has 0 radical (unpaired) electrons. The third-order valence-electron chi connectivity index (χ3n) is 5.53. The molecule has 7 heteroatoms. The molecule has 1 aliphatic carbocycles. The maximum absolute atomic E-state index is 12.6. The zero-order valence-corrected chi connectivity index (χ0v) is 19.9. The Labute approximate surface area is 200 Å². The quantitative estimate of drug-likeness (QED) is 0.404. The van der Waals surface area contributed by atoms with E-state index in [1.54, 1.807) is 6.92 Å². The minimum Gasteiger partial charge on any atom is -0.463 e. The highest BCUT2D eigenvalue weighted by molar-refractivity contribution is 5.82. The SMILES string of the molecule is CCOC(=O)/C=C/[C@H](CCC(=O)NC(C)C)NC(=O)OCC1c2ccccc2-c2ccccc21. The number of rotatable bonds is 10. The van der Waals surface area contributed by atoms with Crippen molar-refractivity contribution in [2.75, 3.05) is 13.2 Å². The predicted molar refractivity (Wildman–Crippen MR) is 130 cm³/mol. The van der Waals surface area contributed by atoms with E-state index in [0.717, 1.165) is 22.3 Å². The average molecular weight is 465 g/mol. The Bertz CT molecular complexity index is 1000. The highest BCUT2D eigenvalue weighted by atomic mass is 16.5. The van der Waals surface area contributed by atoms with E-state index >= 15 is 0 Å². The van der Waals surface area contributed by atoms with Crippen molar-refractivity contribution in [3.63, 3.8) is 0 Å². The Morgan fingerprint density at radius 1 is 0.941 bits per heavy atom. The van der Waals surface area contributed by atoms with Gasteiger partial charge in [-0.25, -0.2) is 9.59 Å². The van der Waals surface area contributed by atoms with E-state index in [2.05, 4.69) is 34.9 Å². The maximum atomic E-state index is 12.6. The lowest BCUT2D eigenvalue weighted by atomic mass is 9.98. The van der Waals surface area contributed by atoms with Gasteiger partial charge in [0.05, 0.1) is 12.6 Å². The molecule has 2 amide bonds. The van der Waals surface area contributed by atoms with Gasteiger partial charge in [-0.15, -0.1) is 0 Å². The van der Waals surface area contributed by atoms with E-state index < -0.39 is 18.1 Å². The van der Waals surface area contributed by atoms with Gasteiger partial charge in [0.25, 0.3) is 0 Å². The van der Waals surface area contributed by atoms with Crippen LogP contribution in [0.15, 0.2) is 60.7 Å². The van der Waals surface area contributed by atoms with Crippen molar-refractivity contribution in [3.8, 4) is 11.1 Å². The fraction of sp³-hybridized carbons (Fsp3) is 0.370. The molecule has 2 aromatic carbocycles. The molecule has 0 saturated heterocycles. The van der Waals surface area contributed by atoms with Crippen molar-refractivity contribution in [2.45, 2.75) is 51.6 Å². The van der Waals surface area contributed by atoms with Gasteiger partial charge in [-0.05, 0) is 49.4 Å². The Kier molecular flexibility index (Phi) is 8.85. The summed E-state index contributed by atoms with van der Waals surface area (Å²) >= 11 is 0. The van der Waals surface area contributed by atoms with E-state index in [1.165, 1.54) is 12.2 Å². The first-order chi connectivity index (χ1) is 16.4. The van der Waals surface area contributed by atoms with Gasteiger partial charge >= 0.3 is 12.1 Å². The second-order valence-corrected chi connectivity index (χ2v) is 8.45. The Hall–Kier alpha value is -3.61. The lowest BCUT2D eigenvalue weighted by Gasteiger charge is -2.18. The van der Waals surface area contributed by atoms with Crippen LogP contribution in [0, 0.1) is 0 Å². The van der Waals surface area contributed by atoms with Crippen LogP contribution in [-0.4, -0.2) is 43.3 Å². The van der Waals surface area contributed by atoms with E-state index in [-0.39, 0.29) is 37.5 Å². The molecule has 3 rings (SSSR count). The number of fused-ring (bicyclic) bond motifs is 3. The number of esters is 1. The van der Waals surface area contributed by atoms with Crippen LogP contribution in [0.3, 0.4) is 0 Å². The molecule has 2 N–H and O–H groups in total. The summed E-state index contributed by atoms with van der Waals surface area (Å²) in [4.78, 5) is 36.4.